The monoisotopic (exact) mass is 337 g/mol. The molecular formula is C15H19N3O4S. The highest BCUT2D eigenvalue weighted by Gasteiger charge is 2.26. The summed E-state index contributed by atoms with van der Waals surface area (Å²) in [4.78, 5) is 11.5. The molecule has 1 atom stereocenters. The van der Waals surface area contributed by atoms with E-state index in [4.69, 9.17) is 0 Å². The van der Waals surface area contributed by atoms with Crippen molar-refractivity contribution in [1.29, 1.82) is 0 Å². The topological polar surface area (TPSA) is 81.5 Å². The molecule has 124 valence electrons. The first-order valence-corrected chi connectivity index (χ1v) is 8.44. The van der Waals surface area contributed by atoms with Crippen molar-refractivity contribution in [2.75, 3.05) is 20.7 Å². The molecule has 0 N–H and O–H groups in total. The predicted molar refractivity (Wildman–Crippen MR) is 84.6 cm³/mol. The molecule has 1 aromatic heterocycles. The summed E-state index contributed by atoms with van der Waals surface area (Å²) in [5.74, 6) is -1.00. The van der Waals surface area contributed by atoms with E-state index >= 15 is 0 Å². The highest BCUT2D eigenvalue weighted by Crippen LogP contribution is 2.17. The number of rotatable bonds is 6. The Bertz CT molecular complexity index is 771. The number of nitrogens with zero attached hydrogens (tertiary/aromatic N) is 3. The van der Waals surface area contributed by atoms with Crippen LogP contribution >= 0.6 is 0 Å². The van der Waals surface area contributed by atoms with E-state index in [1.165, 1.54) is 31.2 Å². The average Bonchev–Trinajstić information content (AvgIpc) is 3.05. The Morgan fingerprint density at radius 1 is 1.35 bits per heavy atom. The van der Waals surface area contributed by atoms with Gasteiger partial charge in [-0.1, -0.05) is 25.1 Å². The average molecular weight is 337 g/mol. The number of hydrogen-bond acceptors (Lipinski definition) is 5. The summed E-state index contributed by atoms with van der Waals surface area (Å²) in [5.41, 5.74) is 0.763. The lowest BCUT2D eigenvalue weighted by Crippen LogP contribution is -2.34. The van der Waals surface area contributed by atoms with Crippen molar-refractivity contribution in [2.24, 2.45) is 5.92 Å². The number of carbonyl (C=O) groups is 1. The van der Waals surface area contributed by atoms with E-state index in [9.17, 15) is 13.2 Å². The molecule has 1 aromatic carbocycles. The van der Waals surface area contributed by atoms with Crippen LogP contribution in [-0.4, -0.2) is 49.2 Å². The summed E-state index contributed by atoms with van der Waals surface area (Å²) < 4.78 is 32.3. The summed E-state index contributed by atoms with van der Waals surface area (Å²) in [5, 5.41) is 4.08. The Morgan fingerprint density at radius 2 is 2.00 bits per heavy atom. The van der Waals surface area contributed by atoms with Gasteiger partial charge in [0.1, 0.15) is 4.90 Å². The molecule has 0 bridgehead atoms. The molecule has 1 heterocycles. The van der Waals surface area contributed by atoms with Crippen LogP contribution in [0.1, 0.15) is 6.92 Å². The molecule has 0 aliphatic rings. The number of methoxy groups -OCH3 is 1. The van der Waals surface area contributed by atoms with Gasteiger partial charge in [-0.2, -0.15) is 9.40 Å². The fourth-order valence-electron chi connectivity index (χ4n) is 2.10. The van der Waals surface area contributed by atoms with Crippen LogP contribution in [-0.2, 0) is 19.6 Å². The van der Waals surface area contributed by atoms with Crippen LogP contribution in [0.5, 0.6) is 0 Å². The van der Waals surface area contributed by atoms with Gasteiger partial charge in [-0.3, -0.25) is 4.79 Å². The van der Waals surface area contributed by atoms with E-state index in [0.717, 1.165) is 9.99 Å². The lowest BCUT2D eigenvalue weighted by Gasteiger charge is -2.19. The van der Waals surface area contributed by atoms with Crippen molar-refractivity contribution >= 4 is 16.0 Å². The van der Waals surface area contributed by atoms with E-state index in [-0.39, 0.29) is 11.4 Å². The molecule has 0 aliphatic heterocycles. The smallest absolute Gasteiger partial charge is 0.309 e. The number of para-hydroxylation sites is 1. The third-order valence-corrected chi connectivity index (χ3v) is 5.20. The predicted octanol–water partition coefficient (Wildman–Crippen LogP) is 1.30. The fourth-order valence-corrected chi connectivity index (χ4v) is 3.29. The SMILES string of the molecule is COC(=O)C(C)CN(C)S(=O)(=O)c1cnn(-c2ccccc2)c1. The second-order valence-corrected chi connectivity index (χ2v) is 7.21. The summed E-state index contributed by atoms with van der Waals surface area (Å²) >= 11 is 0. The van der Waals surface area contributed by atoms with Crippen LogP contribution in [0.2, 0.25) is 0 Å². The molecule has 0 saturated heterocycles. The molecule has 8 heteroatoms. The quantitative estimate of drug-likeness (QED) is 0.742. The Hall–Kier alpha value is -2.19. The Labute approximate surface area is 135 Å². The zero-order valence-electron chi connectivity index (χ0n) is 13.2. The molecule has 1 unspecified atom stereocenters. The standard InChI is InChI=1S/C15H19N3O4S/c1-12(15(19)22-3)10-17(2)23(20,21)14-9-16-18(11-14)13-7-5-4-6-8-13/h4-9,11-12H,10H2,1-3H3. The summed E-state index contributed by atoms with van der Waals surface area (Å²) in [6.45, 7) is 1.65. The molecule has 0 radical (unpaired) electrons. The molecule has 0 fully saturated rings. The fraction of sp³-hybridized carbons (Fsp3) is 0.333. The molecule has 2 rings (SSSR count). The van der Waals surface area contributed by atoms with Gasteiger partial charge in [0.05, 0.1) is 31.1 Å². The number of ether oxygens (including phenoxy) is 1. The van der Waals surface area contributed by atoms with Crippen molar-refractivity contribution in [2.45, 2.75) is 11.8 Å². The van der Waals surface area contributed by atoms with E-state index in [0.29, 0.717) is 0 Å². The maximum Gasteiger partial charge on any atom is 0.309 e. The molecule has 0 aliphatic carbocycles. The Balaban J connectivity index is 2.20. The normalized spacial score (nSPS) is 13.0. The summed E-state index contributed by atoms with van der Waals surface area (Å²) in [6, 6.07) is 9.20. The van der Waals surface area contributed by atoms with Crippen LogP contribution < -0.4 is 0 Å². The van der Waals surface area contributed by atoms with Crippen LogP contribution in [0.25, 0.3) is 5.69 Å². The van der Waals surface area contributed by atoms with Crippen LogP contribution in [0.3, 0.4) is 0 Å². The lowest BCUT2D eigenvalue weighted by molar-refractivity contribution is -0.144. The minimum Gasteiger partial charge on any atom is -0.469 e. The highest BCUT2D eigenvalue weighted by molar-refractivity contribution is 7.89. The van der Waals surface area contributed by atoms with Gasteiger partial charge in [-0.15, -0.1) is 0 Å². The van der Waals surface area contributed by atoms with Gasteiger partial charge < -0.3 is 4.74 Å². The molecule has 0 amide bonds. The lowest BCUT2D eigenvalue weighted by atomic mass is 10.2. The number of carbonyl (C=O) groups excluding carboxylic acids is 1. The maximum atomic E-state index is 12.5. The van der Waals surface area contributed by atoms with Crippen molar-refractivity contribution in [3.63, 3.8) is 0 Å². The van der Waals surface area contributed by atoms with Crippen molar-refractivity contribution in [1.82, 2.24) is 14.1 Å². The number of benzene rings is 1. The maximum absolute atomic E-state index is 12.5. The van der Waals surface area contributed by atoms with Crippen LogP contribution in [0.15, 0.2) is 47.6 Å². The van der Waals surface area contributed by atoms with Gasteiger partial charge in [0.2, 0.25) is 10.0 Å². The van der Waals surface area contributed by atoms with Crippen LogP contribution in [0, 0.1) is 5.92 Å². The zero-order valence-corrected chi connectivity index (χ0v) is 14.0. The Kier molecular flexibility index (Phi) is 5.17. The number of hydrogen-bond donors (Lipinski definition) is 0. The highest BCUT2D eigenvalue weighted by atomic mass is 32.2. The molecular weight excluding hydrogens is 318 g/mol. The second kappa shape index (κ2) is 6.93. The number of aromatic nitrogens is 2. The van der Waals surface area contributed by atoms with Gasteiger partial charge in [-0.05, 0) is 12.1 Å². The van der Waals surface area contributed by atoms with Crippen molar-refractivity contribution in [3.8, 4) is 5.69 Å². The molecule has 2 aromatic rings. The largest absolute Gasteiger partial charge is 0.469 e. The Morgan fingerprint density at radius 3 is 2.61 bits per heavy atom. The van der Waals surface area contributed by atoms with E-state index in [1.54, 1.807) is 6.92 Å². The third kappa shape index (κ3) is 3.77. The second-order valence-electron chi connectivity index (χ2n) is 5.17. The summed E-state index contributed by atoms with van der Waals surface area (Å²) in [7, 11) is -1.02. The molecule has 7 nitrogen and oxygen atoms in total. The van der Waals surface area contributed by atoms with E-state index in [2.05, 4.69) is 9.84 Å². The van der Waals surface area contributed by atoms with E-state index < -0.39 is 21.9 Å². The first kappa shape index (κ1) is 17.2. The first-order chi connectivity index (χ1) is 10.9. The number of sulfonamides is 1. The summed E-state index contributed by atoms with van der Waals surface area (Å²) in [6.07, 6.45) is 2.74. The molecule has 23 heavy (non-hydrogen) atoms. The zero-order chi connectivity index (χ0) is 17.0. The number of esters is 1. The first-order valence-electron chi connectivity index (χ1n) is 7.00. The van der Waals surface area contributed by atoms with Crippen molar-refractivity contribution in [3.05, 3.63) is 42.7 Å². The van der Waals surface area contributed by atoms with E-state index in [1.807, 2.05) is 30.3 Å². The van der Waals surface area contributed by atoms with Gasteiger partial charge in [0.15, 0.2) is 0 Å². The van der Waals surface area contributed by atoms with Gasteiger partial charge in [-0.25, -0.2) is 13.1 Å². The van der Waals surface area contributed by atoms with Gasteiger partial charge >= 0.3 is 5.97 Å². The van der Waals surface area contributed by atoms with Gasteiger partial charge in [0.25, 0.3) is 0 Å². The minimum absolute atomic E-state index is 0.0333. The minimum atomic E-state index is -3.72. The van der Waals surface area contributed by atoms with Crippen LogP contribution in [0.4, 0.5) is 0 Å². The van der Waals surface area contributed by atoms with Crippen molar-refractivity contribution < 1.29 is 17.9 Å². The van der Waals surface area contributed by atoms with Gasteiger partial charge in [0, 0.05) is 13.6 Å². The molecule has 0 saturated carbocycles. The molecule has 0 spiro atoms. The third-order valence-electron chi connectivity index (χ3n) is 3.42.